The van der Waals surface area contributed by atoms with Crippen LogP contribution in [0.4, 0.5) is 16.2 Å². The minimum atomic E-state index is -0.279. The van der Waals surface area contributed by atoms with Gasteiger partial charge in [0.05, 0.1) is 12.8 Å². The van der Waals surface area contributed by atoms with Crippen molar-refractivity contribution in [1.82, 2.24) is 4.90 Å². The molecule has 0 radical (unpaired) electrons. The molecule has 0 aromatic heterocycles. The summed E-state index contributed by atoms with van der Waals surface area (Å²) in [6.45, 7) is 1.99. The molecular formula is C18H21N3O2. The second-order valence-electron chi connectivity index (χ2n) is 5.75. The van der Waals surface area contributed by atoms with Crippen LogP contribution in [0.3, 0.4) is 0 Å². The second-order valence-corrected chi connectivity index (χ2v) is 5.75. The quantitative estimate of drug-likeness (QED) is 0.914. The van der Waals surface area contributed by atoms with E-state index in [0.717, 1.165) is 25.2 Å². The summed E-state index contributed by atoms with van der Waals surface area (Å²) < 4.78 is 5.23. The van der Waals surface area contributed by atoms with E-state index < -0.39 is 0 Å². The molecule has 0 bridgehead atoms. The fraction of sp³-hybridized carbons (Fsp3) is 0.278. The Balaban J connectivity index is 1.69. The maximum absolute atomic E-state index is 12.2. The van der Waals surface area contributed by atoms with Crippen LogP contribution < -0.4 is 15.4 Å². The van der Waals surface area contributed by atoms with Gasteiger partial charge in [0.15, 0.2) is 0 Å². The minimum absolute atomic E-state index is 0.279. The van der Waals surface area contributed by atoms with Crippen molar-refractivity contribution < 1.29 is 9.53 Å². The summed E-state index contributed by atoms with van der Waals surface area (Å²) in [5.74, 6) is 0.634. The molecule has 0 saturated heterocycles. The maximum Gasteiger partial charge on any atom is 0.323 e. The van der Waals surface area contributed by atoms with Gasteiger partial charge in [0.2, 0.25) is 0 Å². The number of hydrogen-bond donors (Lipinski definition) is 2. The Kier molecular flexibility index (Phi) is 4.48. The van der Waals surface area contributed by atoms with Crippen LogP contribution in [0.15, 0.2) is 42.5 Å². The summed E-state index contributed by atoms with van der Waals surface area (Å²) in [7, 11) is 3.69. The highest BCUT2D eigenvalue weighted by atomic mass is 16.5. The van der Waals surface area contributed by atoms with Crippen LogP contribution in [0.2, 0.25) is 0 Å². The van der Waals surface area contributed by atoms with E-state index in [1.165, 1.54) is 11.1 Å². The molecule has 0 fully saturated rings. The number of carbonyl (C=O) groups is 1. The standard InChI is InChI=1S/C18H21N3O2/c1-21-10-9-13-7-8-15(11-14(13)12-21)19-18(22)20-16-5-3-4-6-17(16)23-2/h3-8,11H,9-10,12H2,1-2H3,(H2,19,20,22). The molecule has 5 heteroatoms. The van der Waals surface area contributed by atoms with Crippen LogP contribution in [-0.2, 0) is 13.0 Å². The van der Waals surface area contributed by atoms with Gasteiger partial charge in [0.25, 0.3) is 0 Å². The Hall–Kier alpha value is -2.53. The minimum Gasteiger partial charge on any atom is -0.495 e. The van der Waals surface area contributed by atoms with Gasteiger partial charge in [-0.1, -0.05) is 18.2 Å². The average molecular weight is 311 g/mol. The summed E-state index contributed by atoms with van der Waals surface area (Å²) in [5, 5.41) is 5.70. The molecule has 2 aromatic rings. The smallest absolute Gasteiger partial charge is 0.323 e. The van der Waals surface area contributed by atoms with Gasteiger partial charge in [-0.25, -0.2) is 4.79 Å². The van der Waals surface area contributed by atoms with Gasteiger partial charge in [-0.15, -0.1) is 0 Å². The molecule has 1 aliphatic rings. The lowest BCUT2D eigenvalue weighted by Crippen LogP contribution is -2.27. The van der Waals surface area contributed by atoms with Crippen LogP contribution >= 0.6 is 0 Å². The van der Waals surface area contributed by atoms with E-state index in [-0.39, 0.29) is 6.03 Å². The van der Waals surface area contributed by atoms with Gasteiger partial charge < -0.3 is 20.3 Å². The summed E-state index contributed by atoms with van der Waals surface area (Å²) in [6, 6.07) is 13.2. The van der Waals surface area contributed by atoms with Gasteiger partial charge in [0.1, 0.15) is 5.75 Å². The topological polar surface area (TPSA) is 53.6 Å². The van der Waals surface area contributed by atoms with Crippen molar-refractivity contribution in [1.29, 1.82) is 0 Å². The van der Waals surface area contributed by atoms with Crippen molar-refractivity contribution in [2.24, 2.45) is 0 Å². The zero-order valence-electron chi connectivity index (χ0n) is 13.4. The van der Waals surface area contributed by atoms with Crippen LogP contribution in [0.5, 0.6) is 5.75 Å². The Morgan fingerprint density at radius 2 is 1.96 bits per heavy atom. The Morgan fingerprint density at radius 3 is 2.78 bits per heavy atom. The van der Waals surface area contributed by atoms with Gasteiger partial charge in [-0.05, 0) is 48.9 Å². The molecule has 0 aliphatic carbocycles. The van der Waals surface area contributed by atoms with Crippen molar-refractivity contribution >= 4 is 17.4 Å². The molecule has 1 heterocycles. The molecule has 0 saturated carbocycles. The average Bonchev–Trinajstić information content (AvgIpc) is 2.55. The van der Waals surface area contributed by atoms with Crippen LogP contribution in [0.25, 0.3) is 0 Å². The second kappa shape index (κ2) is 6.71. The molecule has 2 aromatic carbocycles. The summed E-state index contributed by atoms with van der Waals surface area (Å²) in [6.07, 6.45) is 1.06. The van der Waals surface area contributed by atoms with Crippen LogP contribution in [0.1, 0.15) is 11.1 Å². The van der Waals surface area contributed by atoms with Gasteiger partial charge >= 0.3 is 6.03 Å². The Labute approximate surface area is 136 Å². The fourth-order valence-electron chi connectivity index (χ4n) is 2.81. The number of fused-ring (bicyclic) bond motifs is 1. The van der Waals surface area contributed by atoms with Crippen molar-refractivity contribution in [3.05, 3.63) is 53.6 Å². The largest absolute Gasteiger partial charge is 0.495 e. The monoisotopic (exact) mass is 311 g/mol. The predicted molar refractivity (Wildman–Crippen MR) is 92.1 cm³/mol. The van der Waals surface area contributed by atoms with E-state index >= 15 is 0 Å². The number of carbonyl (C=O) groups excluding carboxylic acids is 1. The first-order valence-electron chi connectivity index (χ1n) is 7.67. The Bertz CT molecular complexity index is 715. The molecule has 2 N–H and O–H groups in total. The number of likely N-dealkylation sites (N-methyl/N-ethyl adjacent to an activating group) is 1. The van der Waals surface area contributed by atoms with E-state index in [1.807, 2.05) is 30.3 Å². The highest BCUT2D eigenvalue weighted by Crippen LogP contribution is 2.24. The zero-order chi connectivity index (χ0) is 16.2. The van der Waals surface area contributed by atoms with E-state index in [0.29, 0.717) is 11.4 Å². The van der Waals surface area contributed by atoms with Crippen molar-refractivity contribution in [2.75, 3.05) is 31.3 Å². The van der Waals surface area contributed by atoms with Crippen LogP contribution in [0, 0.1) is 0 Å². The molecule has 1 aliphatic heterocycles. The molecule has 2 amide bonds. The number of para-hydroxylation sites is 2. The Morgan fingerprint density at radius 1 is 1.13 bits per heavy atom. The summed E-state index contributed by atoms with van der Waals surface area (Å²) in [4.78, 5) is 14.5. The molecule has 0 atom stereocenters. The van der Waals surface area contributed by atoms with E-state index in [2.05, 4.69) is 28.6 Å². The van der Waals surface area contributed by atoms with Crippen LogP contribution in [-0.4, -0.2) is 31.6 Å². The number of rotatable bonds is 3. The van der Waals surface area contributed by atoms with Crippen molar-refractivity contribution in [2.45, 2.75) is 13.0 Å². The lowest BCUT2D eigenvalue weighted by Gasteiger charge is -2.25. The molecule has 5 nitrogen and oxygen atoms in total. The number of hydrogen-bond acceptors (Lipinski definition) is 3. The third-order valence-electron chi connectivity index (χ3n) is 4.02. The number of amides is 2. The lowest BCUT2D eigenvalue weighted by molar-refractivity contribution is 0.262. The highest BCUT2D eigenvalue weighted by Gasteiger charge is 2.14. The van der Waals surface area contributed by atoms with E-state index in [4.69, 9.17) is 4.74 Å². The van der Waals surface area contributed by atoms with Crippen molar-refractivity contribution in [3.63, 3.8) is 0 Å². The maximum atomic E-state index is 12.2. The van der Waals surface area contributed by atoms with E-state index in [9.17, 15) is 4.79 Å². The number of urea groups is 1. The zero-order valence-corrected chi connectivity index (χ0v) is 13.4. The number of anilines is 2. The van der Waals surface area contributed by atoms with Crippen molar-refractivity contribution in [3.8, 4) is 5.75 Å². The first kappa shape index (κ1) is 15.4. The van der Waals surface area contributed by atoms with Gasteiger partial charge in [-0.3, -0.25) is 0 Å². The predicted octanol–water partition coefficient (Wildman–Crippen LogP) is 3.33. The fourth-order valence-corrected chi connectivity index (χ4v) is 2.81. The molecular weight excluding hydrogens is 290 g/mol. The lowest BCUT2D eigenvalue weighted by atomic mass is 9.99. The SMILES string of the molecule is COc1ccccc1NC(=O)Nc1ccc2c(c1)CN(C)CC2. The highest BCUT2D eigenvalue weighted by molar-refractivity contribution is 6.00. The van der Waals surface area contributed by atoms with Gasteiger partial charge in [-0.2, -0.15) is 0 Å². The number of ether oxygens (including phenoxy) is 1. The third kappa shape index (κ3) is 3.63. The molecule has 0 unspecified atom stereocenters. The van der Waals surface area contributed by atoms with Gasteiger partial charge in [0, 0.05) is 18.8 Å². The summed E-state index contributed by atoms with van der Waals surface area (Å²) in [5.41, 5.74) is 4.07. The number of nitrogens with one attached hydrogen (secondary N) is 2. The number of nitrogens with zero attached hydrogens (tertiary/aromatic N) is 1. The number of benzene rings is 2. The molecule has 3 rings (SSSR count). The third-order valence-corrected chi connectivity index (χ3v) is 4.02. The normalized spacial score (nSPS) is 14.0. The van der Waals surface area contributed by atoms with E-state index in [1.54, 1.807) is 13.2 Å². The first-order valence-corrected chi connectivity index (χ1v) is 7.67. The first-order chi connectivity index (χ1) is 11.2. The molecule has 0 spiro atoms. The molecule has 120 valence electrons. The summed E-state index contributed by atoms with van der Waals surface area (Å²) >= 11 is 0. The number of methoxy groups -OCH3 is 1. The molecule has 23 heavy (non-hydrogen) atoms.